The predicted octanol–water partition coefficient (Wildman–Crippen LogP) is 4.18. The molecule has 2 fully saturated rings. The maximum atomic E-state index is 11.7. The van der Waals surface area contributed by atoms with E-state index in [1.54, 1.807) is 7.11 Å². The van der Waals surface area contributed by atoms with Gasteiger partial charge < -0.3 is 14.2 Å². The average Bonchev–Trinajstić information content (AvgIpc) is 3.11. The molecule has 1 saturated heterocycles. The van der Waals surface area contributed by atoms with Crippen molar-refractivity contribution in [1.29, 1.82) is 0 Å². The zero-order chi connectivity index (χ0) is 21.7. The van der Waals surface area contributed by atoms with Crippen molar-refractivity contribution in [1.82, 2.24) is 0 Å². The molecule has 3 rings (SSSR count). The van der Waals surface area contributed by atoms with Gasteiger partial charge in [0, 0.05) is 12.9 Å². The molecule has 4 nitrogen and oxygen atoms in total. The number of allylic oxidation sites excluding steroid dienone is 2. The lowest BCUT2D eigenvalue weighted by atomic mass is 9.58. The number of cyclic esters (lactones) is 1. The zero-order valence-corrected chi connectivity index (χ0v) is 19.3. The number of carbonyl (C=O) groups is 1. The Kier molecular flexibility index (Phi) is 7.81. The molecule has 0 spiro atoms. The molecule has 0 radical (unpaired) electrons. The van der Waals surface area contributed by atoms with Gasteiger partial charge >= 0.3 is 5.97 Å². The second-order valence-electron chi connectivity index (χ2n) is 9.97. The lowest BCUT2D eigenvalue weighted by Gasteiger charge is -2.35. The standard InChI is InChI=1S/C25H37BO4/c1-17(25(2,3)4)14-19-8-11-22(23(15-19)28-5)30-16-18-6-9-20(10-7-18)26-21-12-13-29-24(21)27/h6-7,9-10,14,19,21-23,26H,8,11-13,15-16H2,1-5H3/b17-14+/t19?,21?,22?,23-/m1/s1. The Morgan fingerprint density at radius 3 is 2.50 bits per heavy atom. The third-order valence-corrected chi connectivity index (χ3v) is 6.76. The number of rotatable bonds is 7. The summed E-state index contributed by atoms with van der Waals surface area (Å²) in [7, 11) is 2.56. The molecule has 0 aromatic heterocycles. The first-order valence-electron chi connectivity index (χ1n) is 11.3. The summed E-state index contributed by atoms with van der Waals surface area (Å²) in [6, 6.07) is 8.43. The third kappa shape index (κ3) is 6.21. The molecule has 3 unspecified atom stereocenters. The van der Waals surface area contributed by atoms with Crippen molar-refractivity contribution in [3.05, 3.63) is 41.5 Å². The van der Waals surface area contributed by atoms with Crippen LogP contribution in [0.2, 0.25) is 5.82 Å². The van der Waals surface area contributed by atoms with Gasteiger partial charge in [-0.15, -0.1) is 0 Å². The van der Waals surface area contributed by atoms with Gasteiger partial charge in [0.1, 0.15) is 0 Å². The van der Waals surface area contributed by atoms with Crippen LogP contribution in [0.5, 0.6) is 0 Å². The van der Waals surface area contributed by atoms with Crippen molar-refractivity contribution in [2.24, 2.45) is 11.3 Å². The molecule has 164 valence electrons. The molecule has 1 heterocycles. The first-order valence-corrected chi connectivity index (χ1v) is 11.3. The number of carbonyl (C=O) groups excluding carboxylic acids is 1. The van der Waals surface area contributed by atoms with Crippen LogP contribution in [0.25, 0.3) is 0 Å². The first kappa shape index (κ1) is 23.1. The fraction of sp³-hybridized carbons (Fsp3) is 0.640. The summed E-state index contributed by atoms with van der Waals surface area (Å²) in [5.41, 5.74) is 4.01. The topological polar surface area (TPSA) is 44.8 Å². The second kappa shape index (κ2) is 10.1. The molecular weight excluding hydrogens is 375 g/mol. The van der Waals surface area contributed by atoms with Crippen LogP contribution in [-0.2, 0) is 25.6 Å². The van der Waals surface area contributed by atoms with E-state index in [1.165, 1.54) is 11.0 Å². The summed E-state index contributed by atoms with van der Waals surface area (Å²) < 4.78 is 17.1. The number of hydrogen-bond donors (Lipinski definition) is 0. The highest BCUT2D eigenvalue weighted by Gasteiger charge is 2.31. The lowest BCUT2D eigenvalue weighted by molar-refractivity contribution is -0.137. The molecule has 5 heteroatoms. The molecular formula is C25H37BO4. The van der Waals surface area contributed by atoms with Crippen molar-refractivity contribution in [2.45, 2.75) is 78.0 Å². The molecule has 2 aliphatic rings. The summed E-state index contributed by atoms with van der Waals surface area (Å²) >= 11 is 0. The zero-order valence-electron chi connectivity index (χ0n) is 19.3. The SMILES string of the molecule is CO[C@@H]1CC(/C=C(\C)C(C)(C)C)CCC1OCc1ccc(BC2CCOC2=O)cc1. The maximum absolute atomic E-state index is 11.7. The van der Waals surface area contributed by atoms with Crippen molar-refractivity contribution < 1.29 is 19.0 Å². The molecule has 0 N–H and O–H groups in total. The fourth-order valence-electron chi connectivity index (χ4n) is 4.31. The van der Waals surface area contributed by atoms with E-state index in [0.717, 1.165) is 38.5 Å². The van der Waals surface area contributed by atoms with Gasteiger partial charge in [0.05, 0.1) is 25.4 Å². The Morgan fingerprint density at radius 2 is 1.90 bits per heavy atom. The molecule has 30 heavy (non-hydrogen) atoms. The normalized spacial score (nSPS) is 27.8. The smallest absolute Gasteiger partial charge is 0.301 e. The van der Waals surface area contributed by atoms with E-state index in [0.29, 0.717) is 19.1 Å². The number of esters is 1. The van der Waals surface area contributed by atoms with Gasteiger partial charge in [0.2, 0.25) is 0 Å². The van der Waals surface area contributed by atoms with E-state index in [9.17, 15) is 4.79 Å². The summed E-state index contributed by atoms with van der Waals surface area (Å²) in [5.74, 6) is 0.521. The first-order chi connectivity index (χ1) is 14.3. The van der Waals surface area contributed by atoms with E-state index in [-0.39, 0.29) is 29.4 Å². The molecule has 1 aromatic carbocycles. The minimum atomic E-state index is -0.0591. The fourth-order valence-corrected chi connectivity index (χ4v) is 4.31. The Hall–Kier alpha value is -1.59. The molecule has 1 aliphatic carbocycles. The van der Waals surface area contributed by atoms with Gasteiger partial charge in [-0.2, -0.15) is 0 Å². The van der Waals surface area contributed by atoms with Gasteiger partial charge in [-0.1, -0.05) is 62.1 Å². The van der Waals surface area contributed by atoms with Crippen LogP contribution in [-0.4, -0.2) is 39.2 Å². The van der Waals surface area contributed by atoms with E-state index in [4.69, 9.17) is 14.2 Å². The Labute approximate surface area is 182 Å². The Morgan fingerprint density at radius 1 is 1.17 bits per heavy atom. The number of methoxy groups -OCH3 is 1. The number of ether oxygens (including phenoxy) is 3. The van der Waals surface area contributed by atoms with Crippen LogP contribution in [0.4, 0.5) is 0 Å². The van der Waals surface area contributed by atoms with Crippen LogP contribution in [0.15, 0.2) is 35.9 Å². The van der Waals surface area contributed by atoms with Crippen LogP contribution in [0, 0.1) is 11.3 Å². The van der Waals surface area contributed by atoms with E-state index >= 15 is 0 Å². The second-order valence-corrected chi connectivity index (χ2v) is 9.97. The van der Waals surface area contributed by atoms with E-state index < -0.39 is 0 Å². The highest BCUT2D eigenvalue weighted by atomic mass is 16.5. The molecule has 1 aliphatic heterocycles. The van der Waals surface area contributed by atoms with Gasteiger partial charge in [-0.25, -0.2) is 0 Å². The van der Waals surface area contributed by atoms with E-state index in [1.807, 2.05) is 0 Å². The highest BCUT2D eigenvalue weighted by molar-refractivity contribution is 6.59. The largest absolute Gasteiger partial charge is 0.466 e. The van der Waals surface area contributed by atoms with Crippen molar-refractivity contribution >= 4 is 18.7 Å². The van der Waals surface area contributed by atoms with Gasteiger partial charge in [-0.3, -0.25) is 4.79 Å². The van der Waals surface area contributed by atoms with Crippen LogP contribution in [0.1, 0.15) is 58.9 Å². The quantitative estimate of drug-likeness (QED) is 0.383. The Bertz CT molecular complexity index is 735. The number of hydrogen-bond acceptors (Lipinski definition) is 4. The molecule has 0 bridgehead atoms. The summed E-state index contributed by atoms with van der Waals surface area (Å²) in [6.45, 7) is 10.2. The van der Waals surface area contributed by atoms with E-state index in [2.05, 4.69) is 58.0 Å². The lowest BCUT2D eigenvalue weighted by Crippen LogP contribution is -2.37. The van der Waals surface area contributed by atoms with Crippen LogP contribution < -0.4 is 5.46 Å². The van der Waals surface area contributed by atoms with Crippen molar-refractivity contribution in [2.75, 3.05) is 13.7 Å². The highest BCUT2D eigenvalue weighted by Crippen LogP contribution is 2.33. The summed E-state index contributed by atoms with van der Waals surface area (Å²) in [5, 5.41) is 0. The van der Waals surface area contributed by atoms with Crippen molar-refractivity contribution in [3.63, 3.8) is 0 Å². The molecule has 0 amide bonds. The molecule has 4 atom stereocenters. The van der Waals surface area contributed by atoms with Gasteiger partial charge in [0.15, 0.2) is 7.28 Å². The van der Waals surface area contributed by atoms with Gasteiger partial charge in [0.25, 0.3) is 0 Å². The molecule has 1 aromatic rings. The van der Waals surface area contributed by atoms with Crippen LogP contribution in [0.3, 0.4) is 0 Å². The van der Waals surface area contributed by atoms with Crippen molar-refractivity contribution in [3.8, 4) is 0 Å². The number of benzene rings is 1. The summed E-state index contributed by atoms with van der Waals surface area (Å²) in [6.07, 6.45) is 6.75. The summed E-state index contributed by atoms with van der Waals surface area (Å²) in [4.78, 5) is 11.7. The third-order valence-electron chi connectivity index (χ3n) is 6.76. The average molecular weight is 412 g/mol. The monoisotopic (exact) mass is 412 g/mol. The minimum Gasteiger partial charge on any atom is -0.466 e. The molecule has 1 saturated carbocycles. The van der Waals surface area contributed by atoms with Crippen LogP contribution >= 0.6 is 0 Å². The minimum absolute atomic E-state index is 0.0146. The van der Waals surface area contributed by atoms with Gasteiger partial charge in [-0.05, 0) is 49.5 Å². The maximum Gasteiger partial charge on any atom is 0.301 e. The predicted molar refractivity (Wildman–Crippen MR) is 122 cm³/mol. The Balaban J connectivity index is 1.50.